The second kappa shape index (κ2) is 7.53. The molecule has 0 aliphatic rings. The molecule has 0 fully saturated rings. The highest BCUT2D eigenvalue weighted by Crippen LogP contribution is 1.83. The molecular formula is C6H12ClNO3. The standard InChI is InChI=1S/C6H11NO3.ClH/c1-2-6(9)10-4-5(8)3-7;/h2,5,8H,1,3-4,7H2;1H. The van der Waals surface area contributed by atoms with Crippen LogP contribution in [-0.4, -0.2) is 30.3 Å². The molecule has 0 radical (unpaired) electrons. The third-order valence-electron chi connectivity index (χ3n) is 0.918. The van der Waals surface area contributed by atoms with Crippen LogP contribution in [0.25, 0.3) is 0 Å². The van der Waals surface area contributed by atoms with Crippen molar-refractivity contribution >= 4 is 5.97 Å². The van der Waals surface area contributed by atoms with E-state index in [1.807, 2.05) is 0 Å². The van der Waals surface area contributed by atoms with Crippen LogP contribution in [0.1, 0.15) is 0 Å². The molecule has 4 nitrogen and oxygen atoms in total. The third-order valence-corrected chi connectivity index (χ3v) is 0.918. The summed E-state index contributed by atoms with van der Waals surface area (Å²) in [6.07, 6.45) is 0.388. The highest BCUT2D eigenvalue weighted by atomic mass is 35.5. The molecular weight excluding hydrogens is 170 g/mol. The van der Waals surface area contributed by atoms with E-state index in [-0.39, 0.29) is 19.0 Å². The average Bonchev–Trinajstić information content (AvgIpc) is 1.99. The number of aliphatic hydroxyl groups excluding tert-OH is 1. The van der Waals surface area contributed by atoms with Gasteiger partial charge in [-0.05, 0) is 0 Å². The Balaban J connectivity index is 0. The van der Waals surface area contributed by atoms with Crippen LogP contribution in [0, 0.1) is 0 Å². The second-order valence-corrected chi connectivity index (χ2v) is 1.78. The van der Waals surface area contributed by atoms with Crippen LogP contribution < -0.4 is 18.1 Å². The van der Waals surface area contributed by atoms with E-state index >= 15 is 0 Å². The molecule has 0 heterocycles. The molecule has 0 spiro atoms. The van der Waals surface area contributed by atoms with Gasteiger partial charge in [-0.1, -0.05) is 6.58 Å². The predicted molar refractivity (Wildman–Crippen MR) is 34.9 cm³/mol. The van der Waals surface area contributed by atoms with Gasteiger partial charge in [0.25, 0.3) is 0 Å². The largest absolute Gasteiger partial charge is 1.00 e. The summed E-state index contributed by atoms with van der Waals surface area (Å²) in [5.74, 6) is -0.521. The fraction of sp³-hybridized carbons (Fsp3) is 0.500. The van der Waals surface area contributed by atoms with Crippen LogP contribution >= 0.6 is 0 Å². The number of aliphatic hydroxyl groups is 1. The van der Waals surface area contributed by atoms with Gasteiger partial charge in [0.1, 0.15) is 19.3 Å². The maximum Gasteiger partial charge on any atom is 0.330 e. The van der Waals surface area contributed by atoms with E-state index in [1.165, 1.54) is 0 Å². The molecule has 0 aromatic heterocycles. The van der Waals surface area contributed by atoms with Crippen LogP contribution in [0.3, 0.4) is 0 Å². The first-order valence-electron chi connectivity index (χ1n) is 2.97. The highest BCUT2D eigenvalue weighted by molar-refractivity contribution is 5.81. The minimum absolute atomic E-state index is 0. The Hall–Kier alpha value is -0.580. The van der Waals surface area contributed by atoms with Crippen molar-refractivity contribution in [2.45, 2.75) is 6.10 Å². The minimum Gasteiger partial charge on any atom is -1.00 e. The monoisotopic (exact) mass is 181 g/mol. The smallest absolute Gasteiger partial charge is 0.330 e. The Labute approximate surface area is 71.4 Å². The zero-order valence-electron chi connectivity index (χ0n) is 6.12. The molecule has 4 N–H and O–H groups in total. The van der Waals surface area contributed by atoms with Crippen molar-refractivity contribution in [1.29, 1.82) is 0 Å². The SMILES string of the molecule is C=CC(=O)OCC(O)C[NH3+].[Cl-]. The van der Waals surface area contributed by atoms with Crippen LogP contribution in [0.2, 0.25) is 0 Å². The number of esters is 1. The maximum absolute atomic E-state index is 10.4. The van der Waals surface area contributed by atoms with Crippen LogP contribution in [0.15, 0.2) is 12.7 Å². The van der Waals surface area contributed by atoms with Gasteiger partial charge in [-0.25, -0.2) is 4.79 Å². The van der Waals surface area contributed by atoms with Gasteiger partial charge in [0.05, 0.1) is 0 Å². The molecule has 66 valence electrons. The molecule has 11 heavy (non-hydrogen) atoms. The van der Waals surface area contributed by atoms with E-state index in [0.717, 1.165) is 6.08 Å². The number of ether oxygens (including phenoxy) is 1. The highest BCUT2D eigenvalue weighted by Gasteiger charge is 2.04. The van der Waals surface area contributed by atoms with Crippen molar-refractivity contribution in [3.8, 4) is 0 Å². The molecule has 0 aromatic carbocycles. The van der Waals surface area contributed by atoms with Crippen molar-refractivity contribution in [3.63, 3.8) is 0 Å². The van der Waals surface area contributed by atoms with Crippen molar-refractivity contribution in [3.05, 3.63) is 12.7 Å². The van der Waals surface area contributed by atoms with Gasteiger partial charge in [-0.3, -0.25) is 0 Å². The van der Waals surface area contributed by atoms with Gasteiger partial charge in [0.15, 0.2) is 0 Å². The number of quaternary nitrogens is 1. The Morgan fingerprint density at radius 1 is 1.82 bits per heavy atom. The quantitative estimate of drug-likeness (QED) is 0.338. The molecule has 0 aliphatic carbocycles. The lowest BCUT2D eigenvalue weighted by atomic mass is 10.4. The van der Waals surface area contributed by atoms with Crippen molar-refractivity contribution < 1.29 is 32.8 Å². The van der Waals surface area contributed by atoms with Gasteiger partial charge < -0.3 is 28.0 Å². The summed E-state index contributed by atoms with van der Waals surface area (Å²) in [5, 5.41) is 8.83. The van der Waals surface area contributed by atoms with Crippen molar-refractivity contribution in [1.82, 2.24) is 0 Å². The fourth-order valence-electron chi connectivity index (χ4n) is 0.321. The van der Waals surface area contributed by atoms with Gasteiger partial charge >= 0.3 is 5.97 Å². The summed E-state index contributed by atoms with van der Waals surface area (Å²) in [6, 6.07) is 0. The van der Waals surface area contributed by atoms with Crippen molar-refractivity contribution in [2.75, 3.05) is 13.2 Å². The normalized spacial score (nSPS) is 11.1. The van der Waals surface area contributed by atoms with Gasteiger partial charge in [0.2, 0.25) is 0 Å². The van der Waals surface area contributed by atoms with Crippen LogP contribution in [-0.2, 0) is 9.53 Å². The molecule has 0 aliphatic heterocycles. The van der Waals surface area contributed by atoms with E-state index in [0.29, 0.717) is 6.54 Å². The Bertz CT molecular complexity index is 129. The van der Waals surface area contributed by atoms with Crippen LogP contribution in [0.5, 0.6) is 0 Å². The molecule has 5 heteroatoms. The molecule has 0 saturated heterocycles. The first kappa shape index (κ1) is 13.0. The Morgan fingerprint density at radius 3 is 2.73 bits per heavy atom. The molecule has 0 saturated carbocycles. The second-order valence-electron chi connectivity index (χ2n) is 1.78. The summed E-state index contributed by atoms with van der Waals surface area (Å²) in [5.41, 5.74) is 3.42. The molecule has 0 rings (SSSR count). The van der Waals surface area contributed by atoms with Gasteiger partial charge in [0, 0.05) is 6.08 Å². The number of carbonyl (C=O) groups is 1. The summed E-state index contributed by atoms with van der Waals surface area (Å²) in [6.45, 7) is 3.52. The number of halogens is 1. The number of rotatable bonds is 4. The molecule has 0 bridgehead atoms. The average molecular weight is 182 g/mol. The van der Waals surface area contributed by atoms with E-state index in [1.54, 1.807) is 0 Å². The zero-order chi connectivity index (χ0) is 7.98. The molecule has 0 aromatic rings. The van der Waals surface area contributed by atoms with E-state index in [4.69, 9.17) is 5.11 Å². The third kappa shape index (κ3) is 7.32. The topological polar surface area (TPSA) is 74.2 Å². The first-order valence-corrected chi connectivity index (χ1v) is 2.97. The van der Waals surface area contributed by atoms with Gasteiger partial charge in [-0.2, -0.15) is 0 Å². The summed E-state index contributed by atoms with van der Waals surface area (Å²) in [7, 11) is 0. The van der Waals surface area contributed by atoms with Crippen LogP contribution in [0.4, 0.5) is 0 Å². The number of hydrogen-bond donors (Lipinski definition) is 2. The summed E-state index contributed by atoms with van der Waals surface area (Å²) in [4.78, 5) is 10.4. The number of hydrogen-bond acceptors (Lipinski definition) is 3. The molecule has 1 unspecified atom stereocenters. The van der Waals surface area contributed by atoms with Crippen molar-refractivity contribution in [2.24, 2.45) is 0 Å². The lowest BCUT2D eigenvalue weighted by Gasteiger charge is -2.04. The molecule has 0 amide bonds. The van der Waals surface area contributed by atoms with E-state index < -0.39 is 12.1 Å². The maximum atomic E-state index is 10.4. The predicted octanol–water partition coefficient (Wildman–Crippen LogP) is -4.68. The zero-order valence-corrected chi connectivity index (χ0v) is 6.88. The Morgan fingerprint density at radius 2 is 2.36 bits per heavy atom. The molecule has 1 atom stereocenters. The minimum atomic E-state index is -0.663. The van der Waals surface area contributed by atoms with E-state index in [9.17, 15) is 4.79 Å². The lowest BCUT2D eigenvalue weighted by molar-refractivity contribution is -0.385. The summed E-state index contributed by atoms with van der Waals surface area (Å²) < 4.78 is 4.50. The fourth-order valence-corrected chi connectivity index (χ4v) is 0.321. The Kier molecular flexibility index (Phi) is 8.92. The first-order chi connectivity index (χ1) is 4.70. The van der Waals surface area contributed by atoms with E-state index in [2.05, 4.69) is 17.0 Å². The summed E-state index contributed by atoms with van der Waals surface area (Å²) >= 11 is 0. The number of carbonyl (C=O) groups excluding carboxylic acids is 1. The lowest BCUT2D eigenvalue weighted by Crippen LogP contribution is -3.00. The van der Waals surface area contributed by atoms with Gasteiger partial charge in [-0.15, -0.1) is 0 Å².